The van der Waals surface area contributed by atoms with Crippen LogP contribution < -0.4 is 11.5 Å². The summed E-state index contributed by atoms with van der Waals surface area (Å²) in [6.07, 6.45) is 0. The standard InChI is InChI=1S/C18H16N2O2/c19-13-5-1-11(2-6-13)17-15(21)9-10-16(22)18(17)12-3-7-14(20)8-4-12/h1-10,21-22H,19-20H2. The number of aromatic hydroxyl groups is 2. The maximum atomic E-state index is 10.3. The van der Waals surface area contributed by atoms with Gasteiger partial charge in [0.2, 0.25) is 0 Å². The minimum atomic E-state index is 0.0920. The van der Waals surface area contributed by atoms with E-state index < -0.39 is 0 Å². The molecule has 3 rings (SSSR count). The van der Waals surface area contributed by atoms with Crippen molar-refractivity contribution in [2.75, 3.05) is 11.5 Å². The summed E-state index contributed by atoms with van der Waals surface area (Å²) in [5.74, 6) is 0.184. The first kappa shape index (κ1) is 13.8. The number of nitrogens with two attached hydrogens (primary N) is 2. The molecule has 110 valence electrons. The van der Waals surface area contributed by atoms with Crippen LogP contribution in [0.1, 0.15) is 0 Å². The number of anilines is 2. The predicted molar refractivity (Wildman–Crippen MR) is 89.5 cm³/mol. The molecular weight excluding hydrogens is 276 g/mol. The fourth-order valence-corrected chi connectivity index (χ4v) is 2.46. The van der Waals surface area contributed by atoms with E-state index in [1.165, 1.54) is 12.1 Å². The van der Waals surface area contributed by atoms with Crippen molar-refractivity contribution in [1.82, 2.24) is 0 Å². The number of hydrogen-bond acceptors (Lipinski definition) is 4. The van der Waals surface area contributed by atoms with Gasteiger partial charge in [0.25, 0.3) is 0 Å². The highest BCUT2D eigenvalue weighted by atomic mass is 16.3. The number of hydrogen-bond donors (Lipinski definition) is 4. The molecule has 0 aromatic heterocycles. The molecule has 0 fully saturated rings. The number of nitrogen functional groups attached to an aromatic ring is 2. The Morgan fingerprint density at radius 2 is 0.818 bits per heavy atom. The Hall–Kier alpha value is -3.14. The topological polar surface area (TPSA) is 92.5 Å². The first-order valence-corrected chi connectivity index (χ1v) is 6.83. The molecule has 0 amide bonds. The van der Waals surface area contributed by atoms with Gasteiger partial charge in [-0.25, -0.2) is 0 Å². The van der Waals surface area contributed by atoms with Crippen LogP contribution in [0.2, 0.25) is 0 Å². The Kier molecular flexibility index (Phi) is 3.35. The maximum absolute atomic E-state index is 10.3. The lowest BCUT2D eigenvalue weighted by atomic mass is 9.92. The SMILES string of the molecule is Nc1ccc(-c2c(O)ccc(O)c2-c2ccc(N)cc2)cc1. The summed E-state index contributed by atoms with van der Waals surface area (Å²) in [5, 5.41) is 20.6. The van der Waals surface area contributed by atoms with E-state index in [4.69, 9.17) is 11.5 Å². The van der Waals surface area contributed by atoms with E-state index in [0.717, 1.165) is 11.1 Å². The molecule has 22 heavy (non-hydrogen) atoms. The van der Waals surface area contributed by atoms with Gasteiger partial charge < -0.3 is 21.7 Å². The van der Waals surface area contributed by atoms with Crippen LogP contribution in [-0.2, 0) is 0 Å². The van der Waals surface area contributed by atoms with Crippen molar-refractivity contribution in [3.8, 4) is 33.8 Å². The van der Waals surface area contributed by atoms with Crippen LogP contribution in [0.4, 0.5) is 11.4 Å². The first-order chi connectivity index (χ1) is 10.6. The van der Waals surface area contributed by atoms with Crippen molar-refractivity contribution in [3.05, 3.63) is 60.7 Å². The predicted octanol–water partition coefficient (Wildman–Crippen LogP) is 3.60. The lowest BCUT2D eigenvalue weighted by Gasteiger charge is -2.14. The molecule has 0 atom stereocenters. The van der Waals surface area contributed by atoms with Gasteiger partial charge in [0.15, 0.2) is 0 Å². The van der Waals surface area contributed by atoms with Gasteiger partial charge in [0, 0.05) is 22.5 Å². The molecule has 0 saturated carbocycles. The highest BCUT2D eigenvalue weighted by Crippen LogP contribution is 2.44. The van der Waals surface area contributed by atoms with Crippen molar-refractivity contribution in [3.63, 3.8) is 0 Å². The van der Waals surface area contributed by atoms with Crippen molar-refractivity contribution < 1.29 is 10.2 Å². The minimum absolute atomic E-state index is 0.0920. The highest BCUT2D eigenvalue weighted by molar-refractivity contribution is 5.91. The number of benzene rings is 3. The van der Waals surface area contributed by atoms with Gasteiger partial charge in [-0.05, 0) is 47.5 Å². The first-order valence-electron chi connectivity index (χ1n) is 6.83. The van der Waals surface area contributed by atoms with Crippen LogP contribution in [0.25, 0.3) is 22.3 Å². The molecule has 0 unspecified atom stereocenters. The molecule has 0 heterocycles. The smallest absolute Gasteiger partial charge is 0.124 e. The molecule has 4 nitrogen and oxygen atoms in total. The Morgan fingerprint density at radius 3 is 1.14 bits per heavy atom. The van der Waals surface area contributed by atoms with E-state index in [0.29, 0.717) is 22.5 Å². The van der Waals surface area contributed by atoms with Gasteiger partial charge in [-0.3, -0.25) is 0 Å². The van der Waals surface area contributed by atoms with E-state index in [1.54, 1.807) is 24.3 Å². The van der Waals surface area contributed by atoms with Crippen LogP contribution >= 0.6 is 0 Å². The molecule has 0 aliphatic carbocycles. The molecule has 0 spiro atoms. The molecule has 4 heteroatoms. The van der Waals surface area contributed by atoms with E-state index in [2.05, 4.69) is 0 Å². The Balaban J connectivity index is 2.27. The largest absolute Gasteiger partial charge is 0.507 e. The van der Waals surface area contributed by atoms with Gasteiger partial charge in [0.1, 0.15) is 11.5 Å². The van der Waals surface area contributed by atoms with E-state index >= 15 is 0 Å². The molecular formula is C18H16N2O2. The van der Waals surface area contributed by atoms with Crippen molar-refractivity contribution in [2.24, 2.45) is 0 Å². The van der Waals surface area contributed by atoms with Gasteiger partial charge in [-0.2, -0.15) is 0 Å². The minimum Gasteiger partial charge on any atom is -0.507 e. The average molecular weight is 292 g/mol. The number of phenolic OH excluding ortho intramolecular Hbond substituents is 2. The zero-order chi connectivity index (χ0) is 15.7. The number of phenols is 2. The summed E-state index contributed by atoms with van der Waals surface area (Å²) in [6, 6.07) is 17.2. The van der Waals surface area contributed by atoms with Crippen LogP contribution in [0, 0.1) is 0 Å². The van der Waals surface area contributed by atoms with Crippen LogP contribution in [0.5, 0.6) is 11.5 Å². The third kappa shape index (κ3) is 2.42. The molecule has 3 aromatic rings. The third-order valence-electron chi connectivity index (χ3n) is 3.56. The Bertz CT molecular complexity index is 739. The second-order valence-corrected chi connectivity index (χ2v) is 5.10. The highest BCUT2D eigenvalue weighted by Gasteiger charge is 2.16. The Labute approximate surface area is 128 Å². The molecule has 0 radical (unpaired) electrons. The van der Waals surface area contributed by atoms with Gasteiger partial charge >= 0.3 is 0 Å². The van der Waals surface area contributed by atoms with E-state index in [-0.39, 0.29) is 11.5 Å². The average Bonchev–Trinajstić information content (AvgIpc) is 2.51. The summed E-state index contributed by atoms with van der Waals surface area (Å²) in [7, 11) is 0. The summed E-state index contributed by atoms with van der Waals surface area (Å²) in [6.45, 7) is 0. The second kappa shape index (κ2) is 5.33. The van der Waals surface area contributed by atoms with Crippen LogP contribution in [0.15, 0.2) is 60.7 Å². The lowest BCUT2D eigenvalue weighted by molar-refractivity contribution is 0.463. The molecule has 0 bridgehead atoms. The molecule has 0 saturated heterocycles. The molecule has 0 aliphatic rings. The quantitative estimate of drug-likeness (QED) is 0.429. The zero-order valence-electron chi connectivity index (χ0n) is 11.8. The summed E-state index contributed by atoms with van der Waals surface area (Å²) in [4.78, 5) is 0. The van der Waals surface area contributed by atoms with Gasteiger partial charge in [0.05, 0.1) is 0 Å². The molecule has 6 N–H and O–H groups in total. The normalized spacial score (nSPS) is 10.5. The molecule has 3 aromatic carbocycles. The van der Waals surface area contributed by atoms with Crippen LogP contribution in [-0.4, -0.2) is 10.2 Å². The van der Waals surface area contributed by atoms with Crippen molar-refractivity contribution in [1.29, 1.82) is 0 Å². The lowest BCUT2D eigenvalue weighted by Crippen LogP contribution is -1.90. The zero-order valence-corrected chi connectivity index (χ0v) is 11.8. The maximum Gasteiger partial charge on any atom is 0.124 e. The third-order valence-corrected chi connectivity index (χ3v) is 3.56. The van der Waals surface area contributed by atoms with Crippen LogP contribution in [0.3, 0.4) is 0 Å². The molecule has 0 aliphatic heterocycles. The fourth-order valence-electron chi connectivity index (χ4n) is 2.46. The fraction of sp³-hybridized carbons (Fsp3) is 0. The number of rotatable bonds is 2. The van der Waals surface area contributed by atoms with Gasteiger partial charge in [-0.15, -0.1) is 0 Å². The Morgan fingerprint density at radius 1 is 0.500 bits per heavy atom. The summed E-state index contributed by atoms with van der Waals surface area (Å²) >= 11 is 0. The summed E-state index contributed by atoms with van der Waals surface area (Å²) in [5.41, 5.74) is 15.4. The van der Waals surface area contributed by atoms with Crippen molar-refractivity contribution >= 4 is 11.4 Å². The monoisotopic (exact) mass is 292 g/mol. The van der Waals surface area contributed by atoms with E-state index in [9.17, 15) is 10.2 Å². The van der Waals surface area contributed by atoms with E-state index in [1.807, 2.05) is 24.3 Å². The van der Waals surface area contributed by atoms with Crippen molar-refractivity contribution in [2.45, 2.75) is 0 Å². The summed E-state index contributed by atoms with van der Waals surface area (Å²) < 4.78 is 0. The van der Waals surface area contributed by atoms with Gasteiger partial charge in [-0.1, -0.05) is 24.3 Å². The second-order valence-electron chi connectivity index (χ2n) is 5.10.